The molecule has 2 aromatic heterocycles. The van der Waals surface area contributed by atoms with Crippen LogP contribution in [-0.4, -0.2) is 10.1 Å². The second-order valence-electron chi connectivity index (χ2n) is 2.23. The van der Waals surface area contributed by atoms with Crippen LogP contribution < -0.4 is 0 Å². The van der Waals surface area contributed by atoms with Crippen molar-refractivity contribution in [3.05, 3.63) is 35.2 Å². The number of halogens is 1. The van der Waals surface area contributed by atoms with E-state index in [0.29, 0.717) is 0 Å². The van der Waals surface area contributed by atoms with E-state index in [1.54, 1.807) is 24.7 Å². The molecule has 0 aliphatic carbocycles. The van der Waals surface area contributed by atoms with E-state index in [1.807, 2.05) is 6.07 Å². The minimum Gasteiger partial charge on any atom is -0.356 e. The van der Waals surface area contributed by atoms with Crippen LogP contribution in [0.5, 0.6) is 0 Å². The molecule has 3 nitrogen and oxygen atoms in total. The highest BCUT2D eigenvalue weighted by Gasteiger charge is 2.04. The van der Waals surface area contributed by atoms with Gasteiger partial charge >= 0.3 is 0 Å². The smallest absolute Gasteiger partial charge is 0.168 e. The molecule has 12 heavy (non-hydrogen) atoms. The zero-order valence-corrected chi connectivity index (χ0v) is 7.65. The minimum absolute atomic E-state index is 0.740. The zero-order valence-electron chi connectivity index (χ0n) is 6.07. The lowest BCUT2D eigenvalue weighted by Crippen LogP contribution is -1.77. The Morgan fingerprint density at radius 2 is 2.17 bits per heavy atom. The first-order valence-corrected chi connectivity index (χ1v) is 4.18. The Hall–Kier alpha value is -1.16. The molecule has 60 valence electrons. The molecule has 0 amide bonds. The van der Waals surface area contributed by atoms with Gasteiger partial charge in [0.25, 0.3) is 0 Å². The van der Waals surface area contributed by atoms with E-state index in [9.17, 15) is 0 Å². The molecule has 0 unspecified atom stereocenters. The SMILES string of the molecule is Brc1cnccc1-c1ccno1. The van der Waals surface area contributed by atoms with Crippen molar-refractivity contribution < 1.29 is 4.52 Å². The van der Waals surface area contributed by atoms with Gasteiger partial charge in [0.05, 0.1) is 6.20 Å². The molecule has 0 aliphatic heterocycles. The van der Waals surface area contributed by atoms with Crippen molar-refractivity contribution in [2.24, 2.45) is 0 Å². The maximum absolute atomic E-state index is 4.99. The zero-order chi connectivity index (χ0) is 8.39. The van der Waals surface area contributed by atoms with Gasteiger partial charge < -0.3 is 4.52 Å². The Bertz CT molecular complexity index is 372. The fraction of sp³-hybridized carbons (Fsp3) is 0. The van der Waals surface area contributed by atoms with Crippen LogP contribution in [0.25, 0.3) is 11.3 Å². The summed E-state index contributed by atoms with van der Waals surface area (Å²) in [4.78, 5) is 3.95. The van der Waals surface area contributed by atoms with Crippen molar-refractivity contribution in [1.29, 1.82) is 0 Å². The molecule has 0 aliphatic rings. The van der Waals surface area contributed by atoms with Crippen LogP contribution in [0.2, 0.25) is 0 Å². The molecule has 0 atom stereocenters. The fourth-order valence-electron chi connectivity index (χ4n) is 0.930. The van der Waals surface area contributed by atoms with Crippen LogP contribution in [0.4, 0.5) is 0 Å². The summed E-state index contributed by atoms with van der Waals surface area (Å²) in [7, 11) is 0. The molecule has 0 N–H and O–H groups in total. The third kappa shape index (κ3) is 1.25. The second-order valence-corrected chi connectivity index (χ2v) is 3.09. The van der Waals surface area contributed by atoms with Gasteiger partial charge in [-0.05, 0) is 22.0 Å². The second kappa shape index (κ2) is 3.06. The van der Waals surface area contributed by atoms with E-state index in [4.69, 9.17) is 4.52 Å². The van der Waals surface area contributed by atoms with Gasteiger partial charge in [-0.3, -0.25) is 4.98 Å². The van der Waals surface area contributed by atoms with Gasteiger partial charge in [0, 0.05) is 28.5 Å². The van der Waals surface area contributed by atoms with E-state index in [0.717, 1.165) is 15.8 Å². The highest BCUT2D eigenvalue weighted by molar-refractivity contribution is 9.10. The lowest BCUT2D eigenvalue weighted by molar-refractivity contribution is 0.432. The molecule has 2 rings (SSSR count). The quantitative estimate of drug-likeness (QED) is 0.748. The fourth-order valence-corrected chi connectivity index (χ4v) is 1.38. The summed E-state index contributed by atoms with van der Waals surface area (Å²) < 4.78 is 5.90. The Kier molecular flexibility index (Phi) is 1.91. The average Bonchev–Trinajstić information content (AvgIpc) is 2.57. The number of rotatable bonds is 1. The molecule has 0 spiro atoms. The maximum Gasteiger partial charge on any atom is 0.168 e. The average molecular weight is 225 g/mol. The molecular weight excluding hydrogens is 220 g/mol. The lowest BCUT2D eigenvalue weighted by atomic mass is 10.2. The van der Waals surface area contributed by atoms with Crippen LogP contribution in [0, 0.1) is 0 Å². The van der Waals surface area contributed by atoms with E-state index in [-0.39, 0.29) is 0 Å². The molecule has 0 bridgehead atoms. The number of hydrogen-bond donors (Lipinski definition) is 0. The van der Waals surface area contributed by atoms with Crippen LogP contribution in [0.3, 0.4) is 0 Å². The molecule has 2 aromatic rings. The third-order valence-corrected chi connectivity index (χ3v) is 2.11. The highest BCUT2D eigenvalue weighted by atomic mass is 79.9. The predicted octanol–water partition coefficient (Wildman–Crippen LogP) is 2.50. The summed E-state index contributed by atoms with van der Waals surface area (Å²) in [6.45, 7) is 0. The monoisotopic (exact) mass is 224 g/mol. The number of aromatic nitrogens is 2. The van der Waals surface area contributed by atoms with Crippen molar-refractivity contribution in [3.8, 4) is 11.3 Å². The van der Waals surface area contributed by atoms with Gasteiger partial charge in [-0.2, -0.15) is 0 Å². The lowest BCUT2D eigenvalue weighted by Gasteiger charge is -1.96. The number of pyridine rings is 1. The maximum atomic E-state index is 4.99. The molecule has 0 saturated heterocycles. The molecule has 4 heteroatoms. The first-order valence-electron chi connectivity index (χ1n) is 3.38. The van der Waals surface area contributed by atoms with Crippen LogP contribution in [-0.2, 0) is 0 Å². The Balaban J connectivity index is 2.55. The molecule has 0 saturated carbocycles. The van der Waals surface area contributed by atoms with Crippen molar-refractivity contribution in [3.63, 3.8) is 0 Å². The summed E-state index contributed by atoms with van der Waals surface area (Å²) in [6, 6.07) is 3.67. The van der Waals surface area contributed by atoms with Gasteiger partial charge in [-0.25, -0.2) is 0 Å². The predicted molar refractivity (Wildman–Crippen MR) is 47.4 cm³/mol. The van der Waals surface area contributed by atoms with Crippen molar-refractivity contribution in [2.75, 3.05) is 0 Å². The largest absolute Gasteiger partial charge is 0.356 e. The summed E-state index contributed by atoms with van der Waals surface area (Å²) in [5.41, 5.74) is 0.961. The summed E-state index contributed by atoms with van der Waals surface area (Å²) in [6.07, 6.45) is 5.04. The highest BCUT2D eigenvalue weighted by Crippen LogP contribution is 2.26. The van der Waals surface area contributed by atoms with Crippen molar-refractivity contribution in [2.45, 2.75) is 0 Å². The summed E-state index contributed by atoms with van der Waals surface area (Å²) >= 11 is 3.37. The van der Waals surface area contributed by atoms with Crippen LogP contribution in [0.1, 0.15) is 0 Å². The van der Waals surface area contributed by atoms with E-state index >= 15 is 0 Å². The van der Waals surface area contributed by atoms with Gasteiger partial charge in [0.15, 0.2) is 5.76 Å². The summed E-state index contributed by atoms with van der Waals surface area (Å²) in [5.74, 6) is 0.740. The topological polar surface area (TPSA) is 38.9 Å². The van der Waals surface area contributed by atoms with Gasteiger partial charge in [-0.1, -0.05) is 5.16 Å². The van der Waals surface area contributed by atoms with Gasteiger partial charge in [-0.15, -0.1) is 0 Å². The van der Waals surface area contributed by atoms with Crippen LogP contribution >= 0.6 is 15.9 Å². The molecule has 0 radical (unpaired) electrons. The van der Waals surface area contributed by atoms with Crippen molar-refractivity contribution >= 4 is 15.9 Å². The summed E-state index contributed by atoms with van der Waals surface area (Å²) in [5, 5.41) is 3.62. The van der Waals surface area contributed by atoms with Gasteiger partial charge in [0.1, 0.15) is 0 Å². The third-order valence-electron chi connectivity index (χ3n) is 1.48. The van der Waals surface area contributed by atoms with E-state index < -0.39 is 0 Å². The molecule has 0 fully saturated rings. The number of hydrogen-bond acceptors (Lipinski definition) is 3. The first-order chi connectivity index (χ1) is 5.88. The number of nitrogens with zero attached hydrogens (tertiary/aromatic N) is 2. The standard InChI is InChI=1S/C8H5BrN2O/c9-7-5-10-3-1-6(7)8-2-4-11-12-8/h1-5H. The molecule has 2 heterocycles. The molecule has 0 aromatic carbocycles. The Labute approximate surface area is 77.5 Å². The minimum atomic E-state index is 0.740. The Morgan fingerprint density at radius 3 is 2.83 bits per heavy atom. The normalized spacial score (nSPS) is 10.1. The van der Waals surface area contributed by atoms with Gasteiger partial charge in [0.2, 0.25) is 0 Å². The van der Waals surface area contributed by atoms with E-state index in [1.165, 1.54) is 0 Å². The Morgan fingerprint density at radius 1 is 1.25 bits per heavy atom. The van der Waals surface area contributed by atoms with Crippen molar-refractivity contribution in [1.82, 2.24) is 10.1 Å². The first kappa shape index (κ1) is 7.49. The van der Waals surface area contributed by atoms with Crippen LogP contribution in [0.15, 0.2) is 39.7 Å². The molecular formula is C8H5BrN2O. The van der Waals surface area contributed by atoms with E-state index in [2.05, 4.69) is 26.1 Å².